The van der Waals surface area contributed by atoms with Crippen LogP contribution in [-0.2, 0) is 6.18 Å². The van der Waals surface area contributed by atoms with Crippen molar-refractivity contribution in [1.82, 2.24) is 15.4 Å². The second-order valence-electron chi connectivity index (χ2n) is 3.20. The van der Waals surface area contributed by atoms with Crippen LogP contribution in [0.5, 0.6) is 6.01 Å². The molecule has 0 spiro atoms. The minimum atomic E-state index is -4.62. The van der Waals surface area contributed by atoms with Gasteiger partial charge in [0.2, 0.25) is 0 Å². The second kappa shape index (κ2) is 3.75. The zero-order valence-corrected chi connectivity index (χ0v) is 8.88. The zero-order valence-electron chi connectivity index (χ0n) is 8.88. The third-order valence-corrected chi connectivity index (χ3v) is 1.96. The molecule has 2 rings (SSSR count). The van der Waals surface area contributed by atoms with Crippen molar-refractivity contribution in [2.75, 3.05) is 12.5 Å². The quantitative estimate of drug-likeness (QED) is 0.786. The molecule has 0 fully saturated rings. The molecule has 0 unspecified atom stereocenters. The Morgan fingerprint density at radius 1 is 1.18 bits per heavy atom. The van der Waals surface area contributed by atoms with Gasteiger partial charge in [0.05, 0.1) is 7.11 Å². The fourth-order valence-electron chi connectivity index (χ4n) is 1.26. The number of methoxy groups -OCH3 is 1. The average Bonchev–Trinajstić information content (AvgIpc) is 2.26. The minimum Gasteiger partial charge on any atom is -0.467 e. The van der Waals surface area contributed by atoms with Crippen LogP contribution in [0.2, 0.25) is 0 Å². The Morgan fingerprint density at radius 3 is 2.47 bits per heavy atom. The first kappa shape index (κ1) is 11.4. The van der Waals surface area contributed by atoms with E-state index in [4.69, 9.17) is 0 Å². The molecule has 9 heteroatoms. The first-order chi connectivity index (χ1) is 7.91. The third-order valence-electron chi connectivity index (χ3n) is 1.96. The Balaban J connectivity index is 2.65. The summed E-state index contributed by atoms with van der Waals surface area (Å²) in [7, 11) is 1.19. The van der Waals surface area contributed by atoms with Gasteiger partial charge in [0.1, 0.15) is 11.5 Å². The van der Waals surface area contributed by atoms with Gasteiger partial charge < -0.3 is 4.74 Å². The van der Waals surface area contributed by atoms with E-state index in [-0.39, 0.29) is 23.4 Å². The van der Waals surface area contributed by atoms with Gasteiger partial charge in [0, 0.05) is 0 Å². The lowest BCUT2D eigenvalue weighted by Crippen LogP contribution is -2.31. The number of nitrogens with zero attached hydrogens (tertiary/aromatic N) is 3. The summed E-state index contributed by atoms with van der Waals surface area (Å²) in [5, 5.41) is 0. The van der Waals surface area contributed by atoms with Crippen molar-refractivity contribution >= 4 is 17.3 Å². The number of alkyl halides is 3. The predicted octanol–water partition coefficient (Wildman–Crippen LogP) is 1.48. The van der Waals surface area contributed by atoms with E-state index in [1.807, 2.05) is 0 Å². The molecule has 0 radical (unpaired) electrons. The molecule has 0 bridgehead atoms. The summed E-state index contributed by atoms with van der Waals surface area (Å²) in [4.78, 5) is 10.7. The summed E-state index contributed by atoms with van der Waals surface area (Å²) in [5.41, 5.74) is 3.56. The maximum atomic E-state index is 12.8. The highest BCUT2D eigenvalue weighted by Gasteiger charge is 2.39. The monoisotopic (exact) mass is 247 g/mol. The highest BCUT2D eigenvalue weighted by Crippen LogP contribution is 2.40. The molecule has 1 aromatic heterocycles. The van der Waals surface area contributed by atoms with Crippen LogP contribution in [0.25, 0.3) is 0 Å². The molecular weight excluding hydrogens is 239 g/mol. The van der Waals surface area contributed by atoms with Crippen molar-refractivity contribution < 1.29 is 17.9 Å². The number of rotatable bonds is 1. The van der Waals surface area contributed by atoms with Crippen molar-refractivity contribution in [3.05, 3.63) is 5.69 Å². The summed E-state index contributed by atoms with van der Waals surface area (Å²) in [6, 6.07) is -0.375. The zero-order chi connectivity index (χ0) is 12.6. The summed E-state index contributed by atoms with van der Waals surface area (Å²) in [6.07, 6.45) is -4.62. The van der Waals surface area contributed by atoms with Crippen LogP contribution in [0.15, 0.2) is 4.99 Å². The number of hydrogen-bond donors (Lipinski definition) is 2. The van der Waals surface area contributed by atoms with Crippen molar-refractivity contribution in [2.45, 2.75) is 13.1 Å². The van der Waals surface area contributed by atoms with Crippen LogP contribution >= 0.6 is 0 Å². The van der Waals surface area contributed by atoms with E-state index in [1.165, 1.54) is 14.0 Å². The molecule has 1 aromatic rings. The molecule has 2 N–H and O–H groups in total. The Kier molecular flexibility index (Phi) is 2.52. The van der Waals surface area contributed by atoms with Crippen molar-refractivity contribution in [1.29, 1.82) is 0 Å². The molecule has 17 heavy (non-hydrogen) atoms. The fraction of sp³-hybridized carbons (Fsp3) is 0.375. The second-order valence-corrected chi connectivity index (χ2v) is 3.20. The molecule has 2 heterocycles. The summed E-state index contributed by atoms with van der Waals surface area (Å²) < 4.78 is 42.9. The van der Waals surface area contributed by atoms with Crippen LogP contribution < -0.4 is 15.6 Å². The molecule has 0 amide bonds. The highest BCUT2D eigenvalue weighted by atomic mass is 19.4. The van der Waals surface area contributed by atoms with Gasteiger partial charge in [-0.2, -0.15) is 23.1 Å². The van der Waals surface area contributed by atoms with E-state index in [2.05, 4.69) is 30.5 Å². The van der Waals surface area contributed by atoms with Crippen LogP contribution in [0, 0.1) is 0 Å². The van der Waals surface area contributed by atoms with Gasteiger partial charge in [0.25, 0.3) is 0 Å². The Labute approximate surface area is 93.9 Å². The molecule has 6 nitrogen and oxygen atoms in total. The molecule has 1 aliphatic heterocycles. The summed E-state index contributed by atoms with van der Waals surface area (Å²) in [5.74, 6) is 0.214. The summed E-state index contributed by atoms with van der Waals surface area (Å²) >= 11 is 0. The van der Waals surface area contributed by atoms with Gasteiger partial charge in [-0.05, 0) is 6.92 Å². The van der Waals surface area contributed by atoms with E-state index in [0.717, 1.165) is 0 Å². The van der Waals surface area contributed by atoms with Crippen LogP contribution in [-0.4, -0.2) is 22.9 Å². The number of hydrazine groups is 1. The van der Waals surface area contributed by atoms with Gasteiger partial charge in [0.15, 0.2) is 11.5 Å². The predicted molar refractivity (Wildman–Crippen MR) is 53.1 cm³/mol. The number of fused-ring (bicyclic) bond motifs is 1. The number of amidine groups is 1. The minimum absolute atomic E-state index is 0.0743. The van der Waals surface area contributed by atoms with Crippen LogP contribution in [0.1, 0.15) is 12.6 Å². The molecule has 0 aliphatic carbocycles. The number of anilines is 1. The van der Waals surface area contributed by atoms with Gasteiger partial charge in [-0.15, -0.1) is 0 Å². The molecular formula is C8H8F3N5O. The third kappa shape index (κ3) is 2.08. The van der Waals surface area contributed by atoms with Gasteiger partial charge in [-0.1, -0.05) is 0 Å². The Morgan fingerprint density at radius 2 is 1.88 bits per heavy atom. The standard InChI is InChI=1S/C8H8F3N5O/c1-3-12-4-5(8(9,10)11)13-7(17-2)14-6(4)16-15-3/h1-2H3,(H,12,15)(H,13,14,16). The van der Waals surface area contributed by atoms with E-state index < -0.39 is 11.9 Å². The number of aliphatic imine (C=N–C) groups is 1. The van der Waals surface area contributed by atoms with Gasteiger partial charge >= 0.3 is 12.2 Å². The number of halogens is 3. The largest absolute Gasteiger partial charge is 0.467 e. The summed E-state index contributed by atoms with van der Waals surface area (Å²) in [6.45, 7) is 1.51. The molecule has 1 aliphatic rings. The molecule has 0 saturated carbocycles. The van der Waals surface area contributed by atoms with E-state index in [1.54, 1.807) is 0 Å². The first-order valence-corrected chi connectivity index (χ1v) is 4.52. The van der Waals surface area contributed by atoms with E-state index >= 15 is 0 Å². The van der Waals surface area contributed by atoms with Crippen LogP contribution in [0.4, 0.5) is 24.7 Å². The lowest BCUT2D eigenvalue weighted by molar-refractivity contribution is -0.140. The smallest absolute Gasteiger partial charge is 0.435 e. The average molecular weight is 247 g/mol. The maximum absolute atomic E-state index is 12.8. The molecule has 92 valence electrons. The highest BCUT2D eigenvalue weighted by molar-refractivity contribution is 5.89. The van der Waals surface area contributed by atoms with E-state index in [9.17, 15) is 13.2 Å². The number of aromatic nitrogens is 2. The normalized spacial score (nSPS) is 14.3. The lowest BCUT2D eigenvalue weighted by atomic mass is 10.3. The van der Waals surface area contributed by atoms with Crippen molar-refractivity contribution in [2.24, 2.45) is 4.99 Å². The maximum Gasteiger partial charge on any atom is 0.435 e. The van der Waals surface area contributed by atoms with E-state index in [0.29, 0.717) is 0 Å². The first-order valence-electron chi connectivity index (χ1n) is 4.52. The van der Waals surface area contributed by atoms with Crippen molar-refractivity contribution in [3.8, 4) is 6.01 Å². The topological polar surface area (TPSA) is 71.4 Å². The Bertz CT molecular complexity index is 485. The molecule has 0 atom stereocenters. The number of nitrogens with one attached hydrogen (secondary N) is 2. The van der Waals surface area contributed by atoms with Crippen LogP contribution in [0.3, 0.4) is 0 Å². The fourth-order valence-corrected chi connectivity index (χ4v) is 1.26. The molecule has 0 aromatic carbocycles. The molecule has 0 saturated heterocycles. The number of hydrogen-bond acceptors (Lipinski definition) is 6. The van der Waals surface area contributed by atoms with Gasteiger partial charge in [-0.3, -0.25) is 10.9 Å². The Hall–Kier alpha value is -2.06. The number of ether oxygens (including phenoxy) is 1. The van der Waals surface area contributed by atoms with Gasteiger partial charge in [-0.25, -0.2) is 4.99 Å². The SMILES string of the molecule is COc1nc2c(c(C(F)(F)F)n1)N=C(C)NN2. The van der Waals surface area contributed by atoms with Crippen molar-refractivity contribution in [3.63, 3.8) is 0 Å². The lowest BCUT2D eigenvalue weighted by Gasteiger charge is -2.19.